The molecule has 50 heavy (non-hydrogen) atoms. The smallest absolute Gasteiger partial charge is 0.194 e. The molecule has 2 fully saturated rings. The minimum Gasteiger partial charge on any atom is -0.505 e. The lowest BCUT2D eigenvalue weighted by Crippen LogP contribution is -2.35. The van der Waals surface area contributed by atoms with E-state index in [0.29, 0.717) is 49.1 Å². The van der Waals surface area contributed by atoms with Crippen LogP contribution in [0.3, 0.4) is 0 Å². The molecular formula is C39H42N4O7. The van der Waals surface area contributed by atoms with Crippen molar-refractivity contribution in [3.63, 3.8) is 0 Å². The highest BCUT2D eigenvalue weighted by atomic mass is 16.5. The standard InChI is InChI=1S/C39H42N4O7/c1-17-14-21-27-32-28(37(46)36(21)43-20-8-12-41-13-9-20)22(44)15-24(48-3)30(32)31-25(49-4)16-23(45)29-34(31)33(27)35(39(50-5)38(29)47)26(17)18(2)42-19-6-10-40-11-7-19/h14-16,19-20,26,40-41,43,46-47H,6-13H2,1-5H3. The molecule has 1 atom stereocenters. The van der Waals surface area contributed by atoms with Crippen LogP contribution in [0.4, 0.5) is 5.69 Å². The van der Waals surface area contributed by atoms with Crippen LogP contribution < -0.4 is 41.0 Å². The lowest BCUT2D eigenvalue weighted by molar-refractivity contribution is 0.373. The van der Waals surface area contributed by atoms with E-state index in [4.69, 9.17) is 19.2 Å². The molecule has 5 N–H and O–H groups in total. The highest BCUT2D eigenvalue weighted by Gasteiger charge is 2.37. The van der Waals surface area contributed by atoms with Gasteiger partial charge in [-0.1, -0.05) is 11.6 Å². The summed E-state index contributed by atoms with van der Waals surface area (Å²) >= 11 is 0. The molecule has 2 heterocycles. The maximum Gasteiger partial charge on any atom is 0.194 e. The number of methoxy groups -OCH3 is 3. The van der Waals surface area contributed by atoms with Crippen LogP contribution in [0.25, 0.3) is 49.2 Å². The van der Waals surface area contributed by atoms with Crippen molar-refractivity contribution < 1.29 is 24.4 Å². The zero-order valence-electron chi connectivity index (χ0n) is 29.0. The Morgan fingerprint density at radius 2 is 1.32 bits per heavy atom. The summed E-state index contributed by atoms with van der Waals surface area (Å²) < 4.78 is 17.8. The number of phenols is 2. The largest absolute Gasteiger partial charge is 0.505 e. The van der Waals surface area contributed by atoms with Crippen LogP contribution in [-0.2, 0) is 0 Å². The van der Waals surface area contributed by atoms with Crippen molar-refractivity contribution in [3.05, 3.63) is 49.3 Å². The Morgan fingerprint density at radius 1 is 0.760 bits per heavy atom. The maximum atomic E-state index is 14.1. The molecule has 0 saturated carbocycles. The third-order valence-electron chi connectivity index (χ3n) is 11.0. The fraction of sp³-hybridized carbons (Fsp3) is 0.410. The van der Waals surface area contributed by atoms with Gasteiger partial charge in [0.1, 0.15) is 11.5 Å². The average Bonchev–Trinajstić information content (AvgIpc) is 3.24. The Balaban J connectivity index is 1.66. The number of aliphatic imine (C=N–C) groups is 1. The second-order valence-electron chi connectivity index (χ2n) is 13.8. The first-order chi connectivity index (χ1) is 24.2. The van der Waals surface area contributed by atoms with E-state index in [1.807, 2.05) is 13.8 Å². The number of hydrogen-bond acceptors (Lipinski definition) is 11. The van der Waals surface area contributed by atoms with Crippen LogP contribution in [0.5, 0.6) is 28.7 Å². The maximum absolute atomic E-state index is 14.1. The summed E-state index contributed by atoms with van der Waals surface area (Å²) in [7, 11) is 4.47. The molecule has 2 saturated heterocycles. The molecule has 0 amide bonds. The number of aromatic hydroxyl groups is 2. The topological polar surface area (TPSA) is 151 Å². The summed E-state index contributed by atoms with van der Waals surface area (Å²) in [5, 5.41) is 38.3. The van der Waals surface area contributed by atoms with Crippen LogP contribution in [-0.4, -0.2) is 75.5 Å². The zero-order chi connectivity index (χ0) is 35.0. The molecule has 11 heteroatoms. The SMILES string of the molecule is COc1c(O)c2c(=O)cc(OC)c3c4c(OC)cc(=O)c5c(O)c(NC6CCNCC6)c6c(c(c1C(C(C)=NC1CCNCC1)C(C)=C6)c23)c54. The lowest BCUT2D eigenvalue weighted by Gasteiger charge is -2.28. The first-order valence-corrected chi connectivity index (χ1v) is 17.4. The molecule has 1 aliphatic carbocycles. The van der Waals surface area contributed by atoms with E-state index in [1.54, 1.807) is 0 Å². The second-order valence-corrected chi connectivity index (χ2v) is 13.8. The van der Waals surface area contributed by atoms with Gasteiger partial charge < -0.3 is 40.4 Å². The molecule has 8 rings (SSSR count). The van der Waals surface area contributed by atoms with Gasteiger partial charge in [-0.3, -0.25) is 14.6 Å². The molecule has 260 valence electrons. The first-order valence-electron chi connectivity index (χ1n) is 17.4. The molecule has 5 aromatic carbocycles. The van der Waals surface area contributed by atoms with Gasteiger partial charge in [-0.15, -0.1) is 0 Å². The molecule has 0 bridgehead atoms. The van der Waals surface area contributed by atoms with Crippen molar-refractivity contribution in [3.8, 4) is 28.7 Å². The van der Waals surface area contributed by atoms with E-state index in [0.717, 1.165) is 63.1 Å². The molecule has 3 aliphatic rings. The van der Waals surface area contributed by atoms with Crippen molar-refractivity contribution in [2.24, 2.45) is 4.99 Å². The van der Waals surface area contributed by atoms with E-state index in [2.05, 4.69) is 22.0 Å². The molecule has 0 spiro atoms. The quantitative estimate of drug-likeness (QED) is 0.0672. The number of fused-ring (bicyclic) bond motifs is 1. The van der Waals surface area contributed by atoms with Gasteiger partial charge in [-0.2, -0.15) is 0 Å². The number of benzene rings is 5. The number of hydrogen-bond donors (Lipinski definition) is 5. The van der Waals surface area contributed by atoms with Crippen LogP contribution in [0.2, 0.25) is 0 Å². The Bertz CT molecular complexity index is 2380. The van der Waals surface area contributed by atoms with E-state index >= 15 is 0 Å². The van der Waals surface area contributed by atoms with Crippen molar-refractivity contribution in [2.75, 3.05) is 52.8 Å². The molecule has 1 unspecified atom stereocenters. The number of nitrogens with one attached hydrogen (secondary N) is 3. The minimum atomic E-state index is -0.463. The van der Waals surface area contributed by atoms with E-state index in [1.165, 1.54) is 33.5 Å². The number of anilines is 1. The number of nitrogens with zero attached hydrogens (tertiary/aromatic N) is 1. The Hall–Kier alpha value is -4.87. The van der Waals surface area contributed by atoms with Gasteiger partial charge in [0.2, 0.25) is 0 Å². The van der Waals surface area contributed by atoms with Crippen molar-refractivity contribution >= 4 is 60.6 Å². The van der Waals surface area contributed by atoms with Crippen molar-refractivity contribution in [1.29, 1.82) is 0 Å². The van der Waals surface area contributed by atoms with Gasteiger partial charge in [-0.05, 0) is 71.1 Å². The summed E-state index contributed by atoms with van der Waals surface area (Å²) in [5.41, 5.74) is 2.71. The minimum absolute atomic E-state index is 0.0462. The van der Waals surface area contributed by atoms with Gasteiger partial charge in [0.15, 0.2) is 28.1 Å². The van der Waals surface area contributed by atoms with Gasteiger partial charge in [0.05, 0.1) is 43.8 Å². The van der Waals surface area contributed by atoms with Gasteiger partial charge in [-0.25, -0.2) is 0 Å². The number of piperidine rings is 2. The predicted molar refractivity (Wildman–Crippen MR) is 199 cm³/mol. The first kappa shape index (κ1) is 32.3. The predicted octanol–water partition coefficient (Wildman–Crippen LogP) is 5.21. The van der Waals surface area contributed by atoms with Crippen molar-refractivity contribution in [1.82, 2.24) is 10.6 Å². The molecule has 5 aromatic rings. The van der Waals surface area contributed by atoms with E-state index in [-0.39, 0.29) is 51.6 Å². The number of phenolic OH excluding ortho intramolecular Hbond substituents is 2. The highest BCUT2D eigenvalue weighted by molar-refractivity contribution is 6.40. The van der Waals surface area contributed by atoms with Crippen LogP contribution in [0.15, 0.2) is 32.3 Å². The number of rotatable bonds is 7. The van der Waals surface area contributed by atoms with Crippen molar-refractivity contribution in [2.45, 2.75) is 57.5 Å². The highest BCUT2D eigenvalue weighted by Crippen LogP contribution is 2.58. The Labute approximate surface area is 288 Å². The zero-order valence-corrected chi connectivity index (χ0v) is 29.0. The van der Waals surface area contributed by atoms with Crippen LogP contribution in [0, 0.1) is 0 Å². The average molecular weight is 679 g/mol. The molecular weight excluding hydrogens is 636 g/mol. The second kappa shape index (κ2) is 12.2. The van der Waals surface area contributed by atoms with Crippen LogP contribution >= 0.6 is 0 Å². The summed E-state index contributed by atoms with van der Waals surface area (Å²) in [6.45, 7) is 7.44. The van der Waals surface area contributed by atoms with Gasteiger partial charge in [0.25, 0.3) is 0 Å². The third-order valence-corrected chi connectivity index (χ3v) is 11.0. The Morgan fingerprint density at radius 3 is 1.90 bits per heavy atom. The normalized spacial score (nSPS) is 19.1. The molecule has 2 aliphatic heterocycles. The molecule has 11 nitrogen and oxygen atoms in total. The fourth-order valence-electron chi connectivity index (χ4n) is 8.90. The summed E-state index contributed by atoms with van der Waals surface area (Å²) in [4.78, 5) is 33.4. The van der Waals surface area contributed by atoms with E-state index in [9.17, 15) is 19.8 Å². The monoisotopic (exact) mass is 678 g/mol. The lowest BCUT2D eigenvalue weighted by atomic mass is 9.80. The van der Waals surface area contributed by atoms with Gasteiger partial charge >= 0.3 is 0 Å². The molecule has 0 radical (unpaired) electrons. The Kier molecular flexibility index (Phi) is 7.87. The van der Waals surface area contributed by atoms with Gasteiger partial charge in [0, 0.05) is 67.9 Å². The van der Waals surface area contributed by atoms with Crippen LogP contribution in [0.1, 0.15) is 56.6 Å². The fourth-order valence-corrected chi connectivity index (χ4v) is 8.90. The number of allylic oxidation sites excluding steroid dienone is 1. The summed E-state index contributed by atoms with van der Waals surface area (Å²) in [6, 6.07) is 2.89. The third kappa shape index (κ3) is 4.59. The number of ether oxygens (including phenoxy) is 3. The van der Waals surface area contributed by atoms with E-state index < -0.39 is 16.8 Å². The summed E-state index contributed by atoms with van der Waals surface area (Å²) in [6.07, 6.45) is 5.53. The summed E-state index contributed by atoms with van der Waals surface area (Å²) in [5.74, 6) is -0.156. The molecule has 0 aromatic heterocycles.